The van der Waals surface area contributed by atoms with Crippen LogP contribution in [0.15, 0.2) is 44.9 Å². The predicted molar refractivity (Wildman–Crippen MR) is 117 cm³/mol. The largest absolute Gasteiger partial charge is 0.462 e. The van der Waals surface area contributed by atoms with Gasteiger partial charge >= 0.3 is 5.97 Å². The average Bonchev–Trinajstić information content (AvgIpc) is 3.26. The van der Waals surface area contributed by atoms with Gasteiger partial charge < -0.3 is 4.74 Å². The van der Waals surface area contributed by atoms with Gasteiger partial charge in [0.2, 0.25) is 0 Å². The second-order valence-corrected chi connectivity index (χ2v) is 8.81. The summed E-state index contributed by atoms with van der Waals surface area (Å²) in [6.07, 6.45) is 1.97. The Morgan fingerprint density at radius 3 is 2.66 bits per heavy atom. The third kappa shape index (κ3) is 3.37. The summed E-state index contributed by atoms with van der Waals surface area (Å²) in [4.78, 5) is 25.3. The molecule has 4 rings (SSSR count). The van der Waals surface area contributed by atoms with Crippen molar-refractivity contribution in [1.29, 1.82) is 5.26 Å². The van der Waals surface area contributed by atoms with Crippen LogP contribution < -0.4 is 0 Å². The number of hydrogen-bond acceptors (Lipinski definition) is 4. The number of nitriles is 1. The van der Waals surface area contributed by atoms with Gasteiger partial charge in [0.15, 0.2) is 5.78 Å². The zero-order valence-corrected chi connectivity index (χ0v) is 18.9. The SMILES string of the molecule is CCOC(=O)/C(C#N)=C1\CCc2c(Br)cc(C3Cc4c(Br)cccc4C3=O)cc21. The summed E-state index contributed by atoms with van der Waals surface area (Å²) in [6, 6.07) is 11.7. The van der Waals surface area contributed by atoms with Gasteiger partial charge in [-0.3, -0.25) is 4.79 Å². The van der Waals surface area contributed by atoms with Gasteiger partial charge in [-0.25, -0.2) is 4.79 Å². The lowest BCUT2D eigenvalue weighted by molar-refractivity contribution is -0.137. The molecule has 2 aliphatic rings. The number of rotatable bonds is 3. The number of ether oxygens (including phenoxy) is 1. The highest BCUT2D eigenvalue weighted by Crippen LogP contribution is 2.44. The van der Waals surface area contributed by atoms with E-state index >= 15 is 0 Å². The van der Waals surface area contributed by atoms with Crippen LogP contribution in [0.1, 0.15) is 51.9 Å². The van der Waals surface area contributed by atoms with Crippen molar-refractivity contribution < 1.29 is 14.3 Å². The molecule has 29 heavy (non-hydrogen) atoms. The Labute approximate surface area is 185 Å². The minimum absolute atomic E-state index is 0.0541. The predicted octanol–water partition coefficient (Wildman–Crippen LogP) is 5.52. The Morgan fingerprint density at radius 2 is 1.97 bits per heavy atom. The number of carbonyl (C=O) groups is 2. The van der Waals surface area contributed by atoms with E-state index in [1.807, 2.05) is 36.4 Å². The molecule has 1 atom stereocenters. The van der Waals surface area contributed by atoms with Crippen LogP contribution in [-0.4, -0.2) is 18.4 Å². The summed E-state index contributed by atoms with van der Waals surface area (Å²) in [6.45, 7) is 1.94. The summed E-state index contributed by atoms with van der Waals surface area (Å²) in [5.41, 5.74) is 5.35. The van der Waals surface area contributed by atoms with E-state index in [2.05, 4.69) is 31.9 Å². The van der Waals surface area contributed by atoms with Crippen molar-refractivity contribution in [1.82, 2.24) is 0 Å². The maximum absolute atomic E-state index is 13.1. The van der Waals surface area contributed by atoms with Gasteiger partial charge in [0.05, 0.1) is 12.5 Å². The fraction of sp³-hybridized carbons (Fsp3) is 0.261. The lowest BCUT2D eigenvalue weighted by Gasteiger charge is -2.14. The number of halogens is 2. The van der Waals surface area contributed by atoms with E-state index < -0.39 is 5.97 Å². The number of carbonyl (C=O) groups excluding carboxylic acids is 2. The molecule has 0 heterocycles. The summed E-state index contributed by atoms with van der Waals surface area (Å²) in [5, 5.41) is 9.57. The Bertz CT molecular complexity index is 1130. The molecule has 0 bridgehead atoms. The normalized spacial score (nSPS) is 18.8. The molecule has 0 amide bonds. The van der Waals surface area contributed by atoms with Crippen molar-refractivity contribution in [2.45, 2.75) is 32.1 Å². The van der Waals surface area contributed by atoms with Gasteiger partial charge in [-0.15, -0.1) is 0 Å². The number of esters is 1. The second-order valence-electron chi connectivity index (χ2n) is 7.10. The van der Waals surface area contributed by atoms with E-state index in [0.717, 1.165) is 43.2 Å². The van der Waals surface area contributed by atoms with E-state index in [-0.39, 0.29) is 23.9 Å². The van der Waals surface area contributed by atoms with Gasteiger partial charge in [0, 0.05) is 14.5 Å². The second kappa shape index (κ2) is 7.89. The molecule has 6 heteroatoms. The van der Waals surface area contributed by atoms with Crippen molar-refractivity contribution in [3.63, 3.8) is 0 Å². The quantitative estimate of drug-likeness (QED) is 0.307. The number of fused-ring (bicyclic) bond motifs is 2. The lowest BCUT2D eigenvalue weighted by Crippen LogP contribution is -2.09. The Morgan fingerprint density at radius 1 is 1.17 bits per heavy atom. The lowest BCUT2D eigenvalue weighted by atomic mass is 9.91. The molecule has 0 saturated heterocycles. The first-order valence-corrected chi connectivity index (χ1v) is 11.0. The third-order valence-electron chi connectivity index (χ3n) is 5.57. The van der Waals surface area contributed by atoms with Crippen molar-refractivity contribution in [2.24, 2.45) is 0 Å². The zero-order valence-electron chi connectivity index (χ0n) is 15.7. The fourth-order valence-electron chi connectivity index (χ4n) is 4.22. The van der Waals surface area contributed by atoms with E-state index in [1.54, 1.807) is 6.92 Å². The van der Waals surface area contributed by atoms with Crippen LogP contribution in [0.25, 0.3) is 5.57 Å². The van der Waals surface area contributed by atoms with Gasteiger partial charge in [-0.1, -0.05) is 50.1 Å². The van der Waals surface area contributed by atoms with Crippen LogP contribution >= 0.6 is 31.9 Å². The van der Waals surface area contributed by atoms with Gasteiger partial charge in [-0.05, 0) is 66.1 Å². The molecular formula is C23H17Br2NO3. The number of Topliss-reactive ketones (excluding diaryl/α,β-unsaturated/α-hetero) is 1. The molecule has 0 saturated carbocycles. The van der Waals surface area contributed by atoms with E-state index in [0.29, 0.717) is 18.4 Å². The molecule has 0 radical (unpaired) electrons. The molecule has 0 aliphatic heterocycles. The number of nitrogens with zero attached hydrogens (tertiary/aromatic N) is 1. The van der Waals surface area contributed by atoms with Crippen LogP contribution in [-0.2, 0) is 22.4 Å². The molecule has 0 N–H and O–H groups in total. The van der Waals surface area contributed by atoms with E-state index in [1.165, 1.54) is 0 Å². The summed E-state index contributed by atoms with van der Waals surface area (Å²) >= 11 is 7.19. The average molecular weight is 515 g/mol. The van der Waals surface area contributed by atoms with Crippen molar-refractivity contribution in [3.05, 3.63) is 72.7 Å². The molecule has 2 aliphatic carbocycles. The van der Waals surface area contributed by atoms with Gasteiger partial charge in [-0.2, -0.15) is 5.26 Å². The molecule has 2 aromatic carbocycles. The Balaban J connectivity index is 1.80. The van der Waals surface area contributed by atoms with Crippen LogP contribution in [0.3, 0.4) is 0 Å². The molecular weight excluding hydrogens is 498 g/mol. The topological polar surface area (TPSA) is 67.2 Å². The molecule has 1 unspecified atom stereocenters. The third-order valence-corrected chi connectivity index (χ3v) is 7.02. The van der Waals surface area contributed by atoms with Crippen molar-refractivity contribution in [2.75, 3.05) is 6.61 Å². The summed E-state index contributed by atoms with van der Waals surface area (Å²) < 4.78 is 6.92. The molecule has 0 fully saturated rings. The first kappa shape index (κ1) is 20.1. The Hall–Kier alpha value is -2.23. The van der Waals surface area contributed by atoms with Crippen LogP contribution in [0.2, 0.25) is 0 Å². The molecule has 0 spiro atoms. The van der Waals surface area contributed by atoms with Crippen LogP contribution in [0.5, 0.6) is 0 Å². The monoisotopic (exact) mass is 513 g/mol. The Kier molecular flexibility index (Phi) is 5.46. The first-order chi connectivity index (χ1) is 14.0. The molecule has 146 valence electrons. The highest BCUT2D eigenvalue weighted by atomic mass is 79.9. The summed E-state index contributed by atoms with van der Waals surface area (Å²) in [7, 11) is 0. The maximum atomic E-state index is 13.1. The standard InChI is InChI=1S/C23H17Br2NO3/c1-2-29-23(28)19(11-26)13-6-7-14-17(13)8-12(9-21(14)25)16-10-18-15(22(16)27)4-3-5-20(18)24/h3-5,8-9,16H,2,6-7,10H2,1H3/b19-13+. The minimum Gasteiger partial charge on any atom is -0.462 e. The van der Waals surface area contributed by atoms with Crippen LogP contribution in [0, 0.1) is 11.3 Å². The van der Waals surface area contributed by atoms with Gasteiger partial charge in [0.25, 0.3) is 0 Å². The molecule has 4 nitrogen and oxygen atoms in total. The zero-order chi connectivity index (χ0) is 20.7. The highest BCUT2D eigenvalue weighted by molar-refractivity contribution is 9.10. The first-order valence-electron chi connectivity index (χ1n) is 9.40. The summed E-state index contributed by atoms with van der Waals surface area (Å²) in [5.74, 6) is -0.768. The van der Waals surface area contributed by atoms with E-state index in [9.17, 15) is 14.9 Å². The smallest absolute Gasteiger partial charge is 0.349 e. The van der Waals surface area contributed by atoms with Crippen LogP contribution in [0.4, 0.5) is 0 Å². The highest BCUT2D eigenvalue weighted by Gasteiger charge is 2.35. The minimum atomic E-state index is -0.590. The number of benzene rings is 2. The molecule has 0 aromatic heterocycles. The maximum Gasteiger partial charge on any atom is 0.349 e. The number of allylic oxidation sites excluding steroid dienone is 1. The van der Waals surface area contributed by atoms with Crippen molar-refractivity contribution >= 4 is 49.2 Å². The fourth-order valence-corrected chi connectivity index (χ4v) is 5.42. The van der Waals surface area contributed by atoms with Gasteiger partial charge in [0.1, 0.15) is 11.6 Å². The van der Waals surface area contributed by atoms with E-state index in [4.69, 9.17) is 4.74 Å². The number of hydrogen-bond donors (Lipinski definition) is 0. The molecule has 2 aromatic rings. The number of ketones is 1. The van der Waals surface area contributed by atoms with Crippen molar-refractivity contribution in [3.8, 4) is 6.07 Å².